The lowest BCUT2D eigenvalue weighted by Crippen LogP contribution is -2.30. The van der Waals surface area contributed by atoms with Gasteiger partial charge in [0.05, 0.1) is 22.1 Å². The van der Waals surface area contributed by atoms with E-state index in [-0.39, 0.29) is 10.8 Å². The molecule has 0 saturated heterocycles. The van der Waals surface area contributed by atoms with Gasteiger partial charge in [-0.15, -0.1) is 0 Å². The molecule has 4 heterocycles. The Bertz CT molecular complexity index is 6040. The first-order valence-corrected chi connectivity index (χ1v) is 37.3. The molecule has 0 atom stereocenters. The molecule has 20 rings (SSSR count). The van der Waals surface area contributed by atoms with Gasteiger partial charge in [0.1, 0.15) is 22.3 Å². The van der Waals surface area contributed by atoms with Crippen molar-refractivity contribution in [2.24, 2.45) is 0 Å². The van der Waals surface area contributed by atoms with Crippen molar-refractivity contribution in [2.45, 2.75) is 75.0 Å². The van der Waals surface area contributed by atoms with Crippen LogP contribution in [-0.2, 0) is 10.8 Å². The Labute approximate surface area is 608 Å². The summed E-state index contributed by atoms with van der Waals surface area (Å²) in [4.78, 5) is 2.39. The van der Waals surface area contributed by atoms with E-state index in [1.165, 1.54) is 130 Å². The van der Waals surface area contributed by atoms with Crippen molar-refractivity contribution < 1.29 is 8.83 Å². The highest BCUT2D eigenvalue weighted by molar-refractivity contribution is 9.10. The van der Waals surface area contributed by atoms with Crippen LogP contribution >= 0.6 is 15.9 Å². The molecule has 1 N–H and O–H groups in total. The number of furan rings is 2. The predicted molar refractivity (Wildman–Crippen MR) is 435 cm³/mol. The molecule has 14 aromatic carbocycles. The molecular formula is C96H77BrN4O2. The number of aromatic nitrogens is 2. The molecule has 0 bridgehead atoms. The Morgan fingerprint density at radius 1 is 0.272 bits per heavy atom. The zero-order valence-electron chi connectivity index (χ0n) is 57.4. The van der Waals surface area contributed by atoms with E-state index in [4.69, 9.17) is 8.83 Å². The van der Waals surface area contributed by atoms with Crippen molar-refractivity contribution in [1.29, 1.82) is 0 Å². The Hall–Kier alpha value is -11.6. The van der Waals surface area contributed by atoms with Gasteiger partial charge in [0, 0.05) is 110 Å². The second kappa shape index (κ2) is 27.4. The van der Waals surface area contributed by atoms with Crippen LogP contribution in [-0.4, -0.2) is 9.13 Å². The number of para-hydroxylation sites is 6. The van der Waals surface area contributed by atoms with E-state index < -0.39 is 0 Å². The summed E-state index contributed by atoms with van der Waals surface area (Å²) < 4.78 is 18.4. The van der Waals surface area contributed by atoms with Crippen LogP contribution in [0.1, 0.15) is 86.5 Å². The Morgan fingerprint density at radius 2 is 0.621 bits per heavy atom. The molecule has 2 aliphatic rings. The number of anilines is 5. The average molecular weight is 1400 g/mol. The summed E-state index contributed by atoms with van der Waals surface area (Å²) in [7, 11) is 0. The summed E-state index contributed by atoms with van der Waals surface area (Å²) in [6.45, 7) is 0. The summed E-state index contributed by atoms with van der Waals surface area (Å²) in [6, 6.07) is 122. The molecule has 4 aromatic heterocycles. The maximum Gasteiger partial charge on any atom is 0.137 e. The minimum Gasteiger partial charge on any atom is -0.456 e. The van der Waals surface area contributed by atoms with Crippen molar-refractivity contribution in [3.05, 3.63) is 366 Å². The highest BCUT2D eigenvalue weighted by atomic mass is 79.9. The average Bonchev–Trinajstić information content (AvgIpc) is 1.66. The summed E-state index contributed by atoms with van der Waals surface area (Å²) in [6.07, 6.45) is 12.8. The third kappa shape index (κ3) is 11.8. The van der Waals surface area contributed by atoms with Crippen molar-refractivity contribution in [2.75, 3.05) is 10.2 Å². The lowest BCUT2D eigenvalue weighted by molar-refractivity contribution is 0.346. The number of halogens is 1. The maximum atomic E-state index is 6.43. The summed E-state index contributed by atoms with van der Waals surface area (Å²) in [5.41, 5.74) is 22.1. The van der Waals surface area contributed by atoms with E-state index in [9.17, 15) is 0 Å². The molecule has 6 nitrogen and oxygen atoms in total. The lowest BCUT2D eigenvalue weighted by atomic mass is 9.65. The van der Waals surface area contributed by atoms with Crippen LogP contribution in [0.5, 0.6) is 0 Å². The van der Waals surface area contributed by atoms with Crippen LogP contribution in [0.2, 0.25) is 0 Å². The normalized spacial score (nSPS) is 14.2. The Morgan fingerprint density at radius 3 is 1.14 bits per heavy atom. The van der Waals surface area contributed by atoms with Gasteiger partial charge in [-0.05, 0) is 169 Å². The van der Waals surface area contributed by atoms with Gasteiger partial charge in [0.2, 0.25) is 0 Å². The number of nitrogens with zero attached hydrogens (tertiary/aromatic N) is 3. The molecular weight excluding hydrogens is 1320 g/mol. The molecule has 0 aliphatic heterocycles. The molecule has 500 valence electrons. The predicted octanol–water partition coefficient (Wildman–Crippen LogP) is 27.5. The molecule has 7 heteroatoms. The van der Waals surface area contributed by atoms with E-state index in [0.29, 0.717) is 0 Å². The molecule has 0 radical (unpaired) electrons. The van der Waals surface area contributed by atoms with Crippen LogP contribution < -0.4 is 10.2 Å². The number of benzene rings is 14. The number of hydrogen-bond donors (Lipinski definition) is 1. The topological polar surface area (TPSA) is 51.4 Å². The van der Waals surface area contributed by atoms with Crippen LogP contribution in [0.15, 0.2) is 353 Å². The van der Waals surface area contributed by atoms with Crippen LogP contribution in [0, 0.1) is 0 Å². The number of hydrogen-bond acceptors (Lipinski definition) is 4. The Balaban J connectivity index is 0.000000124. The fraction of sp³-hybridized carbons (Fsp3) is 0.125. The van der Waals surface area contributed by atoms with Gasteiger partial charge >= 0.3 is 0 Å². The minimum atomic E-state index is 0.0472. The van der Waals surface area contributed by atoms with E-state index >= 15 is 0 Å². The number of fused-ring (bicyclic) bond motifs is 12. The summed E-state index contributed by atoms with van der Waals surface area (Å²) in [5.74, 6) is 0. The third-order valence-corrected chi connectivity index (χ3v) is 22.6. The van der Waals surface area contributed by atoms with Crippen LogP contribution in [0.3, 0.4) is 0 Å². The molecule has 2 aliphatic carbocycles. The van der Waals surface area contributed by atoms with Gasteiger partial charge in [0.25, 0.3) is 0 Å². The van der Waals surface area contributed by atoms with E-state index in [1.807, 2.05) is 24.3 Å². The largest absolute Gasteiger partial charge is 0.456 e. The van der Waals surface area contributed by atoms with Gasteiger partial charge < -0.3 is 28.2 Å². The van der Waals surface area contributed by atoms with Gasteiger partial charge in [-0.3, -0.25) is 0 Å². The highest BCUT2D eigenvalue weighted by Crippen LogP contribution is 2.49. The van der Waals surface area contributed by atoms with E-state index in [0.717, 1.165) is 88.2 Å². The van der Waals surface area contributed by atoms with Gasteiger partial charge in [-0.2, -0.15) is 0 Å². The lowest BCUT2D eigenvalue weighted by Gasteiger charge is -2.39. The fourth-order valence-electron chi connectivity index (χ4n) is 17.1. The Kier molecular flexibility index (Phi) is 16.9. The quantitative estimate of drug-likeness (QED) is 0.140. The molecule has 2 fully saturated rings. The van der Waals surface area contributed by atoms with Crippen LogP contribution in [0.25, 0.3) is 98.9 Å². The molecule has 18 aromatic rings. The van der Waals surface area contributed by atoms with Gasteiger partial charge in [-0.25, -0.2) is 0 Å². The summed E-state index contributed by atoms with van der Waals surface area (Å²) >= 11 is 3.54. The van der Waals surface area contributed by atoms with E-state index in [2.05, 4.69) is 351 Å². The minimum absolute atomic E-state index is 0.0472. The first-order chi connectivity index (χ1) is 50.9. The molecule has 0 spiro atoms. The molecule has 0 amide bonds. The third-order valence-electron chi connectivity index (χ3n) is 22.0. The first-order valence-electron chi connectivity index (χ1n) is 36.5. The van der Waals surface area contributed by atoms with Gasteiger partial charge in [0.15, 0.2) is 0 Å². The van der Waals surface area contributed by atoms with Crippen LogP contribution in [0.4, 0.5) is 28.4 Å². The van der Waals surface area contributed by atoms with Crippen molar-refractivity contribution >= 4 is 132 Å². The second-order valence-corrected chi connectivity index (χ2v) is 28.8. The molecule has 103 heavy (non-hydrogen) atoms. The van der Waals surface area contributed by atoms with E-state index in [1.54, 1.807) is 0 Å². The maximum absolute atomic E-state index is 6.43. The smallest absolute Gasteiger partial charge is 0.137 e. The molecule has 0 unspecified atom stereocenters. The second-order valence-electron chi connectivity index (χ2n) is 27.9. The number of nitrogens with one attached hydrogen (secondary N) is 1. The SMILES string of the molecule is Brc1ccc(C2(c3ccccc3)CCCCC2)cc1.c1ccc(-n2c3ccccc3c3ccc(N(c4ccc(C5(c6ccccc6)CCCCC5)cc4)c4ccc5c(c4)oc4ccccc45)cc32)cc1.c1ccc(-n2c3ccccc3c3ccc(Nc4ccc5c(c4)oc4ccccc45)cc32)cc1. The van der Waals surface area contributed by atoms with Crippen molar-refractivity contribution in [3.63, 3.8) is 0 Å². The first kappa shape index (κ1) is 63.5. The fourth-order valence-corrected chi connectivity index (χ4v) is 17.4. The van der Waals surface area contributed by atoms with Crippen molar-refractivity contribution in [1.82, 2.24) is 9.13 Å². The monoisotopic (exact) mass is 1400 g/mol. The standard InChI is InChI=1S/C48H38N2O.C30H20N2O.C18H19Br/c1-4-14-34(15-5-1)48(30-12-3-13-31-48)35-22-24-37(25-23-35)49(39-27-29-43-42-19-9-11-21-46(42)51-47(43)33-39)38-26-28-41-40-18-8-10-20-44(40)50(45(41)32-38)36-16-6-2-7-17-36;1-2-8-22(9-3-1)32-27-12-6-4-10-23(27)24-16-14-20(18-28(24)32)31-21-15-17-26-25-11-5-7-13-29(25)33-30(26)19-21;19-17-11-9-16(10-12-17)18(13-5-2-6-14-18)15-7-3-1-4-8-15/h1-2,4-11,14-29,32-33H,3,12-13,30-31H2;1-19,31H;1,3-4,7-12H,2,5-6,13-14H2. The van der Waals surface area contributed by atoms with Gasteiger partial charge in [-0.1, -0.05) is 261 Å². The molecule has 2 saturated carbocycles. The number of rotatable bonds is 11. The van der Waals surface area contributed by atoms with Crippen molar-refractivity contribution in [3.8, 4) is 11.4 Å². The zero-order valence-corrected chi connectivity index (χ0v) is 59.0. The highest BCUT2D eigenvalue weighted by Gasteiger charge is 2.37. The summed E-state index contributed by atoms with van der Waals surface area (Å²) in [5, 5.41) is 13.1. The zero-order chi connectivity index (χ0) is 68.7.